The summed E-state index contributed by atoms with van der Waals surface area (Å²) in [5.41, 5.74) is 3.42. The van der Waals surface area contributed by atoms with Gasteiger partial charge in [-0.05, 0) is 29.8 Å². The minimum atomic E-state index is -0.431. The van der Waals surface area contributed by atoms with E-state index in [-0.39, 0.29) is 17.5 Å². The van der Waals surface area contributed by atoms with Crippen LogP contribution in [0.15, 0.2) is 66.0 Å². The number of aromatic nitrogens is 2. The van der Waals surface area contributed by atoms with E-state index in [9.17, 15) is 14.5 Å². The molecule has 0 N–H and O–H groups in total. The summed E-state index contributed by atoms with van der Waals surface area (Å²) in [6, 6.07) is 12.4. The van der Waals surface area contributed by atoms with Crippen molar-refractivity contribution >= 4 is 17.1 Å². The standard InChI is InChI=1S/C19H16FN5O2/c1-23-12-14(11-21-23)19-10-18(13-2-4-15(20)5-3-13)22-24(19)16-6-8-17(9-7-16)25(26)27/h2-9,11-12,19H,10H2,1H3. The first kappa shape index (κ1) is 16.9. The van der Waals surface area contributed by atoms with Crippen molar-refractivity contribution in [1.29, 1.82) is 0 Å². The summed E-state index contributed by atoms with van der Waals surface area (Å²) in [5.74, 6) is -0.298. The molecule has 1 aliphatic heterocycles. The van der Waals surface area contributed by atoms with Crippen LogP contribution in [-0.4, -0.2) is 20.4 Å². The molecule has 2 heterocycles. The van der Waals surface area contributed by atoms with Gasteiger partial charge in [0.05, 0.1) is 28.6 Å². The van der Waals surface area contributed by atoms with Crippen LogP contribution in [0, 0.1) is 15.9 Å². The van der Waals surface area contributed by atoms with Crippen molar-refractivity contribution < 1.29 is 9.31 Å². The van der Waals surface area contributed by atoms with E-state index in [1.807, 2.05) is 18.3 Å². The highest BCUT2D eigenvalue weighted by molar-refractivity contribution is 6.03. The number of halogens is 1. The summed E-state index contributed by atoms with van der Waals surface area (Å²) in [5, 5.41) is 21.7. The molecule has 0 bridgehead atoms. The maximum absolute atomic E-state index is 13.2. The van der Waals surface area contributed by atoms with Crippen molar-refractivity contribution in [2.24, 2.45) is 12.1 Å². The number of hydrazone groups is 1. The number of nitro groups is 1. The third-order valence-electron chi connectivity index (χ3n) is 4.52. The molecule has 8 heteroatoms. The topological polar surface area (TPSA) is 76.6 Å². The molecule has 0 saturated carbocycles. The van der Waals surface area contributed by atoms with Crippen LogP contribution in [0.25, 0.3) is 0 Å². The molecule has 0 amide bonds. The van der Waals surface area contributed by atoms with Crippen LogP contribution >= 0.6 is 0 Å². The van der Waals surface area contributed by atoms with Crippen LogP contribution < -0.4 is 5.01 Å². The average Bonchev–Trinajstić information content (AvgIpc) is 3.29. The molecular formula is C19H16FN5O2. The molecule has 0 radical (unpaired) electrons. The molecule has 1 atom stereocenters. The van der Waals surface area contributed by atoms with Crippen LogP contribution in [0.2, 0.25) is 0 Å². The number of hydrogen-bond donors (Lipinski definition) is 0. The molecule has 1 unspecified atom stereocenters. The van der Waals surface area contributed by atoms with Gasteiger partial charge in [0.1, 0.15) is 5.82 Å². The van der Waals surface area contributed by atoms with Gasteiger partial charge in [-0.3, -0.25) is 19.8 Å². The minimum Gasteiger partial charge on any atom is -0.275 e. The van der Waals surface area contributed by atoms with Crippen LogP contribution in [0.3, 0.4) is 0 Å². The summed E-state index contributed by atoms with van der Waals surface area (Å²) in [4.78, 5) is 10.5. The molecule has 0 saturated heterocycles. The monoisotopic (exact) mass is 365 g/mol. The minimum absolute atomic E-state index is 0.0265. The Labute approximate surface area is 154 Å². The number of hydrogen-bond acceptors (Lipinski definition) is 5. The molecule has 2 aromatic carbocycles. The SMILES string of the molecule is Cn1cc(C2CC(c3ccc(F)cc3)=NN2c2ccc([N+](=O)[O-])cc2)cn1. The van der Waals surface area contributed by atoms with Crippen LogP contribution in [0.5, 0.6) is 0 Å². The first-order valence-corrected chi connectivity index (χ1v) is 8.37. The zero-order chi connectivity index (χ0) is 19.0. The van der Waals surface area contributed by atoms with E-state index in [2.05, 4.69) is 5.10 Å². The number of nitrogens with zero attached hydrogens (tertiary/aromatic N) is 5. The van der Waals surface area contributed by atoms with E-state index < -0.39 is 4.92 Å². The van der Waals surface area contributed by atoms with Gasteiger partial charge in [0.15, 0.2) is 0 Å². The fraction of sp³-hybridized carbons (Fsp3) is 0.158. The zero-order valence-electron chi connectivity index (χ0n) is 14.5. The number of benzene rings is 2. The Balaban J connectivity index is 1.72. The van der Waals surface area contributed by atoms with E-state index >= 15 is 0 Å². The first-order chi connectivity index (χ1) is 13.0. The fourth-order valence-electron chi connectivity index (χ4n) is 3.16. The van der Waals surface area contributed by atoms with Gasteiger partial charge in [-0.15, -0.1) is 0 Å². The van der Waals surface area contributed by atoms with Crippen LogP contribution in [0.4, 0.5) is 15.8 Å². The van der Waals surface area contributed by atoms with Crippen LogP contribution in [0.1, 0.15) is 23.6 Å². The first-order valence-electron chi connectivity index (χ1n) is 8.37. The molecular weight excluding hydrogens is 349 g/mol. The molecule has 0 fully saturated rings. The number of aryl methyl sites for hydroxylation is 1. The number of nitro benzene ring substituents is 1. The van der Waals surface area contributed by atoms with Crippen LogP contribution in [-0.2, 0) is 7.05 Å². The summed E-state index contributed by atoms with van der Waals surface area (Å²) in [6.07, 6.45) is 4.33. The van der Waals surface area contributed by atoms with Crippen molar-refractivity contribution in [3.63, 3.8) is 0 Å². The predicted molar refractivity (Wildman–Crippen MR) is 99.1 cm³/mol. The normalized spacial score (nSPS) is 16.4. The van der Waals surface area contributed by atoms with E-state index in [4.69, 9.17) is 5.10 Å². The van der Waals surface area contributed by atoms with Crippen molar-refractivity contribution in [3.8, 4) is 0 Å². The predicted octanol–water partition coefficient (Wildman–Crippen LogP) is 3.82. The quantitative estimate of drug-likeness (QED) is 0.520. The Bertz CT molecular complexity index is 1010. The van der Waals surface area contributed by atoms with Gasteiger partial charge in [-0.2, -0.15) is 10.2 Å². The molecule has 0 aliphatic carbocycles. The van der Waals surface area contributed by atoms with Gasteiger partial charge in [-0.25, -0.2) is 4.39 Å². The van der Waals surface area contributed by atoms with E-state index in [1.54, 1.807) is 35.1 Å². The van der Waals surface area contributed by atoms with Crippen molar-refractivity contribution in [3.05, 3.63) is 88.0 Å². The molecule has 0 spiro atoms. The lowest BCUT2D eigenvalue weighted by Crippen LogP contribution is -2.18. The van der Waals surface area contributed by atoms with E-state index in [0.29, 0.717) is 6.42 Å². The molecule has 27 heavy (non-hydrogen) atoms. The molecule has 1 aliphatic rings. The third kappa shape index (κ3) is 3.29. The summed E-state index contributed by atoms with van der Waals surface area (Å²) < 4.78 is 15.0. The number of rotatable bonds is 4. The second-order valence-corrected chi connectivity index (χ2v) is 6.34. The third-order valence-corrected chi connectivity index (χ3v) is 4.52. The lowest BCUT2D eigenvalue weighted by atomic mass is 10.0. The number of non-ortho nitro benzene ring substituents is 1. The maximum atomic E-state index is 13.2. The van der Waals surface area contributed by atoms with Gasteiger partial charge >= 0.3 is 0 Å². The van der Waals surface area contributed by atoms with Gasteiger partial charge in [0, 0.05) is 37.4 Å². The lowest BCUT2D eigenvalue weighted by Gasteiger charge is -2.22. The van der Waals surface area contributed by atoms with Gasteiger partial charge in [0.25, 0.3) is 5.69 Å². The summed E-state index contributed by atoms with van der Waals surface area (Å²) in [6.45, 7) is 0. The Morgan fingerprint density at radius 1 is 1.15 bits per heavy atom. The average molecular weight is 365 g/mol. The largest absolute Gasteiger partial charge is 0.275 e. The summed E-state index contributed by atoms with van der Waals surface area (Å²) >= 11 is 0. The van der Waals surface area contributed by atoms with E-state index in [1.165, 1.54) is 24.3 Å². The second-order valence-electron chi connectivity index (χ2n) is 6.34. The maximum Gasteiger partial charge on any atom is 0.269 e. The van der Waals surface area contributed by atoms with E-state index in [0.717, 1.165) is 22.5 Å². The second kappa shape index (κ2) is 6.64. The molecule has 136 valence electrons. The Morgan fingerprint density at radius 2 is 1.85 bits per heavy atom. The van der Waals surface area contributed by atoms with Crippen molar-refractivity contribution in [2.75, 3.05) is 5.01 Å². The van der Waals surface area contributed by atoms with Crippen molar-refractivity contribution in [2.45, 2.75) is 12.5 Å². The van der Waals surface area contributed by atoms with Gasteiger partial charge in [0.2, 0.25) is 0 Å². The Hall–Kier alpha value is -3.55. The molecule has 4 rings (SSSR count). The van der Waals surface area contributed by atoms with Gasteiger partial charge < -0.3 is 0 Å². The van der Waals surface area contributed by atoms with Gasteiger partial charge in [-0.1, -0.05) is 12.1 Å². The smallest absolute Gasteiger partial charge is 0.269 e. The van der Waals surface area contributed by atoms with Crippen molar-refractivity contribution in [1.82, 2.24) is 9.78 Å². The number of anilines is 1. The Kier molecular flexibility index (Phi) is 4.15. The zero-order valence-corrected chi connectivity index (χ0v) is 14.5. The fourth-order valence-corrected chi connectivity index (χ4v) is 3.16. The highest BCUT2D eigenvalue weighted by atomic mass is 19.1. The molecule has 1 aromatic heterocycles. The molecule has 3 aromatic rings. The highest BCUT2D eigenvalue weighted by Gasteiger charge is 2.31. The highest BCUT2D eigenvalue weighted by Crippen LogP contribution is 2.37. The lowest BCUT2D eigenvalue weighted by molar-refractivity contribution is -0.384. The molecule has 7 nitrogen and oxygen atoms in total. The Morgan fingerprint density at radius 3 is 2.44 bits per heavy atom. The summed E-state index contributed by atoms with van der Waals surface area (Å²) in [7, 11) is 1.84.